The molecule has 0 bridgehead atoms. The highest BCUT2D eigenvalue weighted by Gasteiger charge is 2.15. The van der Waals surface area contributed by atoms with E-state index in [1.165, 1.54) is 40.7 Å². The third-order valence-corrected chi connectivity index (χ3v) is 10.5. The fraction of sp³-hybridized carbons (Fsp3) is 0.440. The molecule has 0 aromatic heterocycles. The Morgan fingerprint density at radius 2 is 1.57 bits per heavy atom. The summed E-state index contributed by atoms with van der Waals surface area (Å²) in [5.41, 5.74) is 11.8. The molecule has 0 saturated carbocycles. The number of benzene rings is 2. The van der Waals surface area contributed by atoms with Gasteiger partial charge in [-0.3, -0.25) is 9.79 Å². The summed E-state index contributed by atoms with van der Waals surface area (Å²) in [5.74, 6) is 1.95. The molecule has 290 valence electrons. The van der Waals surface area contributed by atoms with Gasteiger partial charge in [-0.25, -0.2) is 0 Å². The molecule has 3 rings (SSSR count). The predicted molar refractivity (Wildman–Crippen MR) is 232 cm³/mol. The lowest BCUT2D eigenvalue weighted by Gasteiger charge is -2.18. The third kappa shape index (κ3) is 14.1. The van der Waals surface area contributed by atoms with E-state index in [1.54, 1.807) is 14.2 Å². The van der Waals surface area contributed by atoms with Crippen LogP contribution in [0.5, 0.6) is 11.5 Å². The number of nitrogens with zero attached hydrogens (tertiary/aromatic N) is 1. The van der Waals surface area contributed by atoms with Gasteiger partial charge in [0.25, 0.3) is 0 Å². The number of carbonyl (C=O) groups is 1. The zero-order chi connectivity index (χ0) is 39.3. The van der Waals surface area contributed by atoms with E-state index in [2.05, 4.69) is 107 Å². The Hall–Kier alpha value is -4.44. The number of rotatable bonds is 18. The molecule has 0 aliphatic heterocycles. The first-order chi connectivity index (χ1) is 26.2. The van der Waals surface area contributed by atoms with Crippen LogP contribution in [-0.2, 0) is 19.3 Å². The van der Waals surface area contributed by atoms with Gasteiger partial charge in [-0.2, -0.15) is 0 Å². The maximum Gasteiger partial charge on any atom is 0.188 e. The average Bonchev–Trinajstić information content (AvgIpc) is 3.19. The molecular formula is C50H67NO3. The summed E-state index contributed by atoms with van der Waals surface area (Å²) in [7, 11) is 3.40. The normalized spacial score (nSPS) is 17.0. The fourth-order valence-corrected chi connectivity index (χ4v) is 6.93. The van der Waals surface area contributed by atoms with Gasteiger partial charge in [0.2, 0.25) is 0 Å². The SMILES string of the molecule is CC=C(C=CCCc1ccc(C(=O)C(=CC)CC)cc1)/C=C/C=C(/N=C(C)/C1=C\CCCC(C)=CCCC1)C(C)CCc1cc(OC)c(OC)cc1CC. The summed E-state index contributed by atoms with van der Waals surface area (Å²) in [5, 5.41) is 0. The summed E-state index contributed by atoms with van der Waals surface area (Å²) >= 11 is 0. The molecule has 1 aliphatic carbocycles. The number of carbonyl (C=O) groups excluding carboxylic acids is 1. The van der Waals surface area contributed by atoms with Crippen LogP contribution >= 0.6 is 0 Å². The topological polar surface area (TPSA) is 47.9 Å². The number of allylic oxidation sites excluding steroid dienone is 14. The molecular weight excluding hydrogens is 663 g/mol. The molecule has 0 fully saturated rings. The van der Waals surface area contributed by atoms with Crippen LogP contribution in [0.1, 0.15) is 133 Å². The maximum absolute atomic E-state index is 12.7. The second-order valence-corrected chi connectivity index (χ2v) is 14.4. The van der Waals surface area contributed by atoms with Crippen LogP contribution in [0.15, 0.2) is 124 Å². The van der Waals surface area contributed by atoms with Crippen LogP contribution in [0.4, 0.5) is 0 Å². The molecule has 0 spiro atoms. The minimum Gasteiger partial charge on any atom is -0.493 e. The first kappa shape index (κ1) is 44.0. The number of methoxy groups -OCH3 is 2. The molecule has 0 heterocycles. The number of hydrogen-bond acceptors (Lipinski definition) is 4. The molecule has 0 N–H and O–H groups in total. The Labute approximate surface area is 328 Å². The van der Waals surface area contributed by atoms with E-state index in [0.29, 0.717) is 0 Å². The quantitative estimate of drug-likeness (QED) is 0.0505. The first-order valence-electron chi connectivity index (χ1n) is 20.3. The van der Waals surface area contributed by atoms with E-state index in [1.807, 2.05) is 32.1 Å². The maximum atomic E-state index is 12.7. The van der Waals surface area contributed by atoms with E-state index in [-0.39, 0.29) is 11.7 Å². The van der Waals surface area contributed by atoms with Crippen LogP contribution in [0.2, 0.25) is 0 Å². The van der Waals surface area contributed by atoms with Crippen molar-refractivity contribution >= 4 is 11.5 Å². The van der Waals surface area contributed by atoms with Crippen molar-refractivity contribution in [1.29, 1.82) is 0 Å². The van der Waals surface area contributed by atoms with Crippen molar-refractivity contribution in [3.05, 3.63) is 141 Å². The highest BCUT2D eigenvalue weighted by molar-refractivity contribution is 6.08. The Kier molecular flexibility index (Phi) is 19.6. The van der Waals surface area contributed by atoms with E-state index in [4.69, 9.17) is 14.5 Å². The number of ketones is 1. The Balaban J connectivity index is 1.79. The fourth-order valence-electron chi connectivity index (χ4n) is 6.93. The van der Waals surface area contributed by atoms with Crippen molar-refractivity contribution in [2.24, 2.45) is 10.9 Å². The number of aryl methyl sites for hydroxylation is 3. The highest BCUT2D eigenvalue weighted by Crippen LogP contribution is 2.33. The monoisotopic (exact) mass is 730 g/mol. The summed E-state index contributed by atoms with van der Waals surface area (Å²) in [6.07, 6.45) is 32.2. The third-order valence-electron chi connectivity index (χ3n) is 10.5. The van der Waals surface area contributed by atoms with Crippen molar-refractivity contribution in [3.8, 4) is 11.5 Å². The predicted octanol–water partition coefficient (Wildman–Crippen LogP) is 13.6. The van der Waals surface area contributed by atoms with Crippen molar-refractivity contribution in [2.75, 3.05) is 14.2 Å². The Morgan fingerprint density at radius 1 is 0.889 bits per heavy atom. The first-order valence-corrected chi connectivity index (χ1v) is 20.3. The molecule has 4 heteroatoms. The summed E-state index contributed by atoms with van der Waals surface area (Å²) < 4.78 is 11.3. The number of Topliss-reactive ketones (excluding diaryl/α,β-unsaturated/α-hetero) is 1. The second kappa shape index (κ2) is 24.1. The van der Waals surface area contributed by atoms with Gasteiger partial charge in [-0.05, 0) is 162 Å². The van der Waals surface area contributed by atoms with E-state index >= 15 is 0 Å². The molecule has 54 heavy (non-hydrogen) atoms. The van der Waals surface area contributed by atoms with E-state index in [9.17, 15) is 4.79 Å². The average molecular weight is 730 g/mol. The molecule has 2 aromatic carbocycles. The van der Waals surface area contributed by atoms with Crippen LogP contribution in [-0.4, -0.2) is 25.7 Å². The van der Waals surface area contributed by atoms with Crippen LogP contribution in [0.25, 0.3) is 0 Å². The number of hydrogen-bond donors (Lipinski definition) is 0. The van der Waals surface area contributed by atoms with Gasteiger partial charge >= 0.3 is 0 Å². The molecule has 1 atom stereocenters. The number of aliphatic imine (C=N–C) groups is 1. The van der Waals surface area contributed by atoms with Crippen molar-refractivity contribution < 1.29 is 14.3 Å². The van der Waals surface area contributed by atoms with Crippen molar-refractivity contribution in [1.82, 2.24) is 0 Å². The minimum absolute atomic E-state index is 0.127. The van der Waals surface area contributed by atoms with Gasteiger partial charge in [0.05, 0.1) is 14.2 Å². The molecule has 0 amide bonds. The van der Waals surface area contributed by atoms with Gasteiger partial charge in [-0.15, -0.1) is 0 Å². The van der Waals surface area contributed by atoms with E-state index < -0.39 is 0 Å². The smallest absolute Gasteiger partial charge is 0.188 e. The molecule has 2 aromatic rings. The molecule has 0 radical (unpaired) electrons. The standard InChI is InChI=1S/C50H67NO3/c1-10-40(23-16-17-24-41-30-33-45(34-31-41)50(52)42(11-2)12-3)25-20-28-47(51-39(7)44-26-18-14-21-37(5)22-15-19-27-44)38(6)29-32-46-36-49(54-9)48(53-8)35-43(46)13-4/h10-11,16,20-21,23,25,27-28,30-31,33-36,38H,12-15,17-19,22,24,26,29,32H2,1-9H3/b23-16?,25-20+,37-21?,40-10?,42-11?,44-27-,47-28+,51-39+. The van der Waals surface area contributed by atoms with Crippen LogP contribution in [0, 0.1) is 5.92 Å². The molecule has 1 unspecified atom stereocenters. The molecule has 4 nitrogen and oxygen atoms in total. The zero-order valence-corrected chi connectivity index (χ0v) is 34.9. The Morgan fingerprint density at radius 3 is 2.22 bits per heavy atom. The lowest BCUT2D eigenvalue weighted by molar-refractivity contribution is 0.103. The summed E-state index contributed by atoms with van der Waals surface area (Å²) in [6.45, 7) is 15.0. The Bertz CT molecular complexity index is 1760. The lowest BCUT2D eigenvalue weighted by atomic mass is 9.93. The van der Waals surface area contributed by atoms with Crippen LogP contribution in [0.3, 0.4) is 0 Å². The van der Waals surface area contributed by atoms with Crippen LogP contribution < -0.4 is 9.47 Å². The molecule has 1 aliphatic rings. The minimum atomic E-state index is 0.127. The van der Waals surface area contributed by atoms with Gasteiger partial charge in [0, 0.05) is 17.0 Å². The van der Waals surface area contributed by atoms with E-state index in [0.717, 1.165) is 104 Å². The van der Waals surface area contributed by atoms with Gasteiger partial charge in [0.15, 0.2) is 17.3 Å². The van der Waals surface area contributed by atoms with Gasteiger partial charge in [-0.1, -0.05) is 99.2 Å². The zero-order valence-electron chi connectivity index (χ0n) is 34.9. The summed E-state index contributed by atoms with van der Waals surface area (Å²) in [4.78, 5) is 18.0. The lowest BCUT2D eigenvalue weighted by Crippen LogP contribution is -2.06. The number of ether oxygens (including phenoxy) is 2. The largest absolute Gasteiger partial charge is 0.493 e. The van der Waals surface area contributed by atoms with Crippen molar-refractivity contribution in [2.45, 2.75) is 126 Å². The van der Waals surface area contributed by atoms with Gasteiger partial charge in [0.1, 0.15) is 0 Å². The molecule has 0 saturated heterocycles. The summed E-state index contributed by atoms with van der Waals surface area (Å²) in [6, 6.07) is 12.4. The van der Waals surface area contributed by atoms with Gasteiger partial charge < -0.3 is 9.47 Å². The highest BCUT2D eigenvalue weighted by atomic mass is 16.5. The second-order valence-electron chi connectivity index (χ2n) is 14.4. The van der Waals surface area contributed by atoms with Crippen molar-refractivity contribution in [3.63, 3.8) is 0 Å².